The van der Waals surface area contributed by atoms with Gasteiger partial charge in [-0.2, -0.15) is 0 Å². The number of carbonyl (C=O) groups excluding carboxylic acids is 1. The molecule has 3 aromatic rings. The van der Waals surface area contributed by atoms with Gasteiger partial charge < -0.3 is 14.5 Å². The highest BCUT2D eigenvalue weighted by Crippen LogP contribution is 2.31. The summed E-state index contributed by atoms with van der Waals surface area (Å²) in [6.45, 7) is 7.46. The van der Waals surface area contributed by atoms with Crippen LogP contribution in [0.4, 0.5) is 5.95 Å². The van der Waals surface area contributed by atoms with Crippen LogP contribution >= 0.6 is 11.8 Å². The maximum atomic E-state index is 13.1. The number of aryl methyl sites for hydroxylation is 1. The summed E-state index contributed by atoms with van der Waals surface area (Å²) in [5, 5.41) is 9.44. The van der Waals surface area contributed by atoms with Crippen molar-refractivity contribution in [3.63, 3.8) is 0 Å². The molecule has 2 heterocycles. The maximum Gasteiger partial charge on any atom is 0.235 e. The Labute approximate surface area is 193 Å². The van der Waals surface area contributed by atoms with E-state index in [1.165, 1.54) is 11.8 Å². The smallest absolute Gasteiger partial charge is 0.235 e. The van der Waals surface area contributed by atoms with Crippen LogP contribution in [0.1, 0.15) is 18.1 Å². The number of aromatic nitrogens is 3. The topological polar surface area (TPSA) is 63.5 Å². The van der Waals surface area contributed by atoms with Crippen molar-refractivity contribution in [3.05, 3.63) is 65.7 Å². The minimum absolute atomic E-state index is 0.0612. The van der Waals surface area contributed by atoms with Crippen LogP contribution in [-0.2, 0) is 16.1 Å². The van der Waals surface area contributed by atoms with Crippen molar-refractivity contribution in [2.45, 2.75) is 30.8 Å². The Bertz CT molecular complexity index is 1050. The summed E-state index contributed by atoms with van der Waals surface area (Å²) >= 11 is 1.45. The third-order valence-corrected chi connectivity index (χ3v) is 6.57. The predicted molar refractivity (Wildman–Crippen MR) is 127 cm³/mol. The zero-order chi connectivity index (χ0) is 22.5. The van der Waals surface area contributed by atoms with Gasteiger partial charge in [0, 0.05) is 26.7 Å². The highest BCUT2D eigenvalue weighted by Gasteiger charge is 2.26. The van der Waals surface area contributed by atoms with Crippen molar-refractivity contribution < 1.29 is 9.53 Å². The van der Waals surface area contributed by atoms with E-state index in [0.29, 0.717) is 19.8 Å². The van der Waals surface area contributed by atoms with Crippen molar-refractivity contribution in [3.8, 4) is 5.69 Å². The second-order valence-corrected chi connectivity index (χ2v) is 9.25. The molecule has 7 nitrogen and oxygen atoms in total. The zero-order valence-corrected chi connectivity index (χ0v) is 19.6. The fourth-order valence-electron chi connectivity index (χ4n) is 3.79. The zero-order valence-electron chi connectivity index (χ0n) is 18.8. The molecular weight excluding hydrogens is 422 g/mol. The van der Waals surface area contributed by atoms with E-state index < -0.39 is 0 Å². The number of para-hydroxylation sites is 1. The largest absolute Gasteiger partial charge is 0.378 e. The Balaban J connectivity index is 1.58. The van der Waals surface area contributed by atoms with Gasteiger partial charge in [-0.3, -0.25) is 9.36 Å². The summed E-state index contributed by atoms with van der Waals surface area (Å²) in [5.74, 6) is 0.855. The number of morpholine rings is 1. The van der Waals surface area contributed by atoms with Crippen LogP contribution in [0, 0.1) is 6.92 Å². The van der Waals surface area contributed by atoms with Gasteiger partial charge in [-0.05, 0) is 31.0 Å². The van der Waals surface area contributed by atoms with Gasteiger partial charge in [0.05, 0.1) is 24.2 Å². The van der Waals surface area contributed by atoms with Crippen LogP contribution in [0.15, 0.2) is 59.8 Å². The molecule has 1 aliphatic rings. The van der Waals surface area contributed by atoms with Gasteiger partial charge in [0.1, 0.15) is 0 Å². The molecule has 168 valence electrons. The third kappa shape index (κ3) is 4.97. The second kappa shape index (κ2) is 10.2. The fraction of sp³-hybridized carbons (Fsp3) is 0.375. The molecule has 1 aromatic heterocycles. The molecule has 1 aliphatic heterocycles. The predicted octanol–water partition coefficient (Wildman–Crippen LogP) is 3.55. The molecule has 1 unspecified atom stereocenters. The normalized spacial score (nSPS) is 14.9. The molecule has 1 amide bonds. The van der Waals surface area contributed by atoms with Crippen molar-refractivity contribution in [2.24, 2.45) is 0 Å². The molecule has 0 aliphatic carbocycles. The molecule has 1 atom stereocenters. The number of carbonyl (C=O) groups is 1. The average Bonchev–Trinajstić information content (AvgIpc) is 3.23. The average molecular weight is 452 g/mol. The highest BCUT2D eigenvalue weighted by atomic mass is 32.2. The van der Waals surface area contributed by atoms with Gasteiger partial charge in [0.25, 0.3) is 0 Å². The molecular formula is C24H29N5O2S. The number of nitrogens with zero attached hydrogens (tertiary/aromatic N) is 5. The van der Waals surface area contributed by atoms with Crippen LogP contribution in [0.25, 0.3) is 5.69 Å². The van der Waals surface area contributed by atoms with Gasteiger partial charge in [-0.15, -0.1) is 10.2 Å². The summed E-state index contributed by atoms with van der Waals surface area (Å²) in [6.07, 6.45) is 0. The first kappa shape index (κ1) is 22.4. The number of rotatable bonds is 7. The summed E-state index contributed by atoms with van der Waals surface area (Å²) in [7, 11) is 1.84. The summed E-state index contributed by atoms with van der Waals surface area (Å²) in [6, 6.07) is 18.2. The SMILES string of the molecule is Cc1ccccc1-n1c(SC(C)C(=O)N(C)Cc2ccccc2)nnc1N1CCOCC1. The standard InChI is InChI=1S/C24H29N5O2S/c1-18-9-7-8-12-21(18)29-23(28-13-15-31-16-14-28)25-26-24(29)32-19(2)22(30)27(3)17-20-10-5-4-6-11-20/h4-12,19H,13-17H2,1-3H3. The number of anilines is 1. The lowest BCUT2D eigenvalue weighted by Crippen LogP contribution is -2.38. The summed E-state index contributed by atoms with van der Waals surface area (Å²) in [4.78, 5) is 17.1. The molecule has 0 N–H and O–H groups in total. The van der Waals surface area contributed by atoms with Crippen molar-refractivity contribution in [2.75, 3.05) is 38.3 Å². The molecule has 1 saturated heterocycles. The van der Waals surface area contributed by atoms with E-state index in [1.807, 2.05) is 56.4 Å². The molecule has 4 rings (SSSR count). The number of thioether (sulfide) groups is 1. The number of ether oxygens (including phenoxy) is 1. The molecule has 0 bridgehead atoms. The van der Waals surface area contributed by atoms with Crippen LogP contribution < -0.4 is 4.90 Å². The molecule has 0 spiro atoms. The Morgan fingerprint density at radius 3 is 2.50 bits per heavy atom. The van der Waals surface area contributed by atoms with Crippen molar-refractivity contribution >= 4 is 23.6 Å². The number of hydrogen-bond donors (Lipinski definition) is 0. The first-order valence-electron chi connectivity index (χ1n) is 10.8. The molecule has 0 saturated carbocycles. The Hall–Kier alpha value is -2.84. The molecule has 32 heavy (non-hydrogen) atoms. The van der Waals surface area contributed by atoms with Gasteiger partial charge in [0.2, 0.25) is 11.9 Å². The van der Waals surface area contributed by atoms with E-state index in [2.05, 4.69) is 38.7 Å². The summed E-state index contributed by atoms with van der Waals surface area (Å²) < 4.78 is 7.59. The Kier molecular flexibility index (Phi) is 7.12. The lowest BCUT2D eigenvalue weighted by molar-refractivity contribution is -0.129. The second-order valence-electron chi connectivity index (χ2n) is 7.94. The van der Waals surface area contributed by atoms with E-state index in [4.69, 9.17) is 4.74 Å². The van der Waals surface area contributed by atoms with E-state index in [0.717, 1.165) is 41.0 Å². The Morgan fingerprint density at radius 2 is 1.78 bits per heavy atom. The van der Waals surface area contributed by atoms with Gasteiger partial charge in [-0.25, -0.2) is 0 Å². The minimum Gasteiger partial charge on any atom is -0.378 e. The van der Waals surface area contributed by atoms with E-state index in [1.54, 1.807) is 4.90 Å². The summed E-state index contributed by atoms with van der Waals surface area (Å²) in [5.41, 5.74) is 3.26. The number of hydrogen-bond acceptors (Lipinski definition) is 6. The van der Waals surface area contributed by atoms with Crippen molar-refractivity contribution in [1.29, 1.82) is 0 Å². The maximum absolute atomic E-state index is 13.1. The molecule has 1 fully saturated rings. The van der Waals surface area contributed by atoms with Gasteiger partial charge >= 0.3 is 0 Å². The van der Waals surface area contributed by atoms with Gasteiger partial charge in [-0.1, -0.05) is 60.3 Å². The van der Waals surface area contributed by atoms with Gasteiger partial charge in [0.15, 0.2) is 5.16 Å². The fourth-order valence-corrected chi connectivity index (χ4v) is 4.76. The lowest BCUT2D eigenvalue weighted by atomic mass is 10.2. The minimum atomic E-state index is -0.298. The monoisotopic (exact) mass is 451 g/mol. The van der Waals surface area contributed by atoms with Crippen LogP contribution in [0.3, 0.4) is 0 Å². The Morgan fingerprint density at radius 1 is 1.09 bits per heavy atom. The lowest BCUT2D eigenvalue weighted by Gasteiger charge is -2.28. The van der Waals surface area contributed by atoms with E-state index in [9.17, 15) is 4.79 Å². The third-order valence-electron chi connectivity index (χ3n) is 5.54. The molecule has 0 radical (unpaired) electrons. The van der Waals surface area contributed by atoms with Crippen LogP contribution in [0.5, 0.6) is 0 Å². The van der Waals surface area contributed by atoms with E-state index >= 15 is 0 Å². The van der Waals surface area contributed by atoms with E-state index in [-0.39, 0.29) is 11.2 Å². The quantitative estimate of drug-likeness (QED) is 0.512. The first-order valence-corrected chi connectivity index (χ1v) is 11.7. The van der Waals surface area contributed by atoms with Crippen LogP contribution in [-0.4, -0.2) is 64.2 Å². The number of benzene rings is 2. The van der Waals surface area contributed by atoms with Crippen LogP contribution in [0.2, 0.25) is 0 Å². The first-order chi connectivity index (χ1) is 15.5. The van der Waals surface area contributed by atoms with Crippen molar-refractivity contribution in [1.82, 2.24) is 19.7 Å². The highest BCUT2D eigenvalue weighted by molar-refractivity contribution is 8.00. The number of amides is 1. The molecule has 2 aromatic carbocycles. The molecule has 8 heteroatoms.